The van der Waals surface area contributed by atoms with E-state index in [2.05, 4.69) is 4.99 Å². The topological polar surface area (TPSA) is 75.8 Å². The van der Waals surface area contributed by atoms with Crippen LogP contribution in [0, 0.1) is 0 Å². The number of amidine groups is 1. The molecule has 5 nitrogen and oxygen atoms in total. The first-order valence-electron chi connectivity index (χ1n) is 4.78. The monoisotopic (exact) mass is 217 g/mol. The van der Waals surface area contributed by atoms with Crippen LogP contribution in [0.15, 0.2) is 23.2 Å². The smallest absolute Gasteiger partial charge is 0.261 e. The summed E-state index contributed by atoms with van der Waals surface area (Å²) in [5, 5.41) is 0. The third-order valence-electron chi connectivity index (χ3n) is 2.38. The van der Waals surface area contributed by atoms with E-state index in [-0.39, 0.29) is 11.8 Å². The summed E-state index contributed by atoms with van der Waals surface area (Å²) in [6.45, 7) is 1.66. The fourth-order valence-corrected chi connectivity index (χ4v) is 1.62. The molecule has 0 saturated carbocycles. The number of hydrogen-bond acceptors (Lipinski definition) is 3. The molecule has 0 unspecified atom stereocenters. The molecule has 2 amide bonds. The van der Waals surface area contributed by atoms with Crippen molar-refractivity contribution in [2.45, 2.75) is 6.92 Å². The highest BCUT2D eigenvalue weighted by Gasteiger charge is 2.32. The molecule has 0 bridgehead atoms. The SMILES string of the molecule is CC(N)=Nc1ccc2c(c1)C(=O)N(C)C2=O. The van der Waals surface area contributed by atoms with E-state index in [1.54, 1.807) is 25.1 Å². The number of nitrogens with zero attached hydrogens (tertiary/aromatic N) is 2. The first kappa shape index (κ1) is 10.4. The lowest BCUT2D eigenvalue weighted by Crippen LogP contribution is -2.24. The average molecular weight is 217 g/mol. The van der Waals surface area contributed by atoms with Gasteiger partial charge in [0.1, 0.15) is 0 Å². The van der Waals surface area contributed by atoms with Gasteiger partial charge in [-0.25, -0.2) is 4.99 Å². The van der Waals surface area contributed by atoms with Gasteiger partial charge in [0.15, 0.2) is 0 Å². The van der Waals surface area contributed by atoms with Crippen LogP contribution in [0.1, 0.15) is 27.6 Å². The van der Waals surface area contributed by atoms with Crippen LogP contribution in [-0.2, 0) is 0 Å². The zero-order valence-corrected chi connectivity index (χ0v) is 9.02. The minimum Gasteiger partial charge on any atom is -0.387 e. The van der Waals surface area contributed by atoms with Crippen LogP contribution in [-0.4, -0.2) is 29.6 Å². The van der Waals surface area contributed by atoms with E-state index >= 15 is 0 Å². The van der Waals surface area contributed by atoms with Crippen molar-refractivity contribution in [1.82, 2.24) is 4.90 Å². The fourth-order valence-electron chi connectivity index (χ4n) is 1.62. The van der Waals surface area contributed by atoms with Crippen molar-refractivity contribution >= 4 is 23.3 Å². The molecule has 2 rings (SSSR count). The van der Waals surface area contributed by atoms with Crippen LogP contribution in [0.3, 0.4) is 0 Å². The number of carbonyl (C=O) groups is 2. The number of aliphatic imine (C=N–C) groups is 1. The third kappa shape index (κ3) is 1.46. The molecule has 1 aliphatic heterocycles. The van der Waals surface area contributed by atoms with Gasteiger partial charge in [-0.05, 0) is 25.1 Å². The minimum atomic E-state index is -0.299. The molecule has 0 spiro atoms. The summed E-state index contributed by atoms with van der Waals surface area (Å²) < 4.78 is 0. The van der Waals surface area contributed by atoms with Gasteiger partial charge in [-0.1, -0.05) is 0 Å². The van der Waals surface area contributed by atoms with Gasteiger partial charge in [-0.2, -0.15) is 0 Å². The highest BCUT2D eigenvalue weighted by Crippen LogP contribution is 2.25. The Hall–Kier alpha value is -2.17. The van der Waals surface area contributed by atoms with Crippen molar-refractivity contribution in [3.8, 4) is 0 Å². The Bertz CT molecular complexity index is 516. The molecule has 5 heteroatoms. The number of rotatable bonds is 1. The summed E-state index contributed by atoms with van der Waals surface area (Å²) in [7, 11) is 1.46. The van der Waals surface area contributed by atoms with Crippen LogP contribution in [0.4, 0.5) is 5.69 Å². The van der Waals surface area contributed by atoms with Gasteiger partial charge in [0.2, 0.25) is 0 Å². The quantitative estimate of drug-likeness (QED) is 0.431. The number of nitrogens with two attached hydrogens (primary N) is 1. The highest BCUT2D eigenvalue weighted by molar-refractivity contribution is 6.21. The highest BCUT2D eigenvalue weighted by atomic mass is 16.2. The lowest BCUT2D eigenvalue weighted by atomic mass is 10.1. The number of fused-ring (bicyclic) bond motifs is 1. The molecule has 0 aliphatic carbocycles. The Balaban J connectivity index is 2.54. The average Bonchev–Trinajstić information content (AvgIpc) is 2.43. The molecule has 0 atom stereocenters. The van der Waals surface area contributed by atoms with Crippen LogP contribution < -0.4 is 5.73 Å². The van der Waals surface area contributed by atoms with Gasteiger partial charge in [0, 0.05) is 7.05 Å². The number of imide groups is 1. The van der Waals surface area contributed by atoms with E-state index in [0.29, 0.717) is 22.6 Å². The summed E-state index contributed by atoms with van der Waals surface area (Å²) >= 11 is 0. The molecule has 0 aromatic heterocycles. The Labute approximate surface area is 92.6 Å². The number of benzene rings is 1. The van der Waals surface area contributed by atoms with Crippen LogP contribution >= 0.6 is 0 Å². The largest absolute Gasteiger partial charge is 0.387 e. The van der Waals surface area contributed by atoms with Gasteiger partial charge in [-0.15, -0.1) is 0 Å². The van der Waals surface area contributed by atoms with Gasteiger partial charge in [-0.3, -0.25) is 14.5 Å². The zero-order valence-electron chi connectivity index (χ0n) is 9.02. The van der Waals surface area contributed by atoms with E-state index in [1.165, 1.54) is 7.05 Å². The molecule has 1 aliphatic rings. The summed E-state index contributed by atoms with van der Waals surface area (Å²) in [6.07, 6.45) is 0. The van der Waals surface area contributed by atoms with E-state index in [1.807, 2.05) is 0 Å². The molecule has 1 heterocycles. The summed E-state index contributed by atoms with van der Waals surface area (Å²) in [5.74, 6) is -0.170. The van der Waals surface area contributed by atoms with Crippen LogP contribution in [0.5, 0.6) is 0 Å². The minimum absolute atomic E-state index is 0.278. The van der Waals surface area contributed by atoms with Crippen molar-refractivity contribution < 1.29 is 9.59 Å². The second-order valence-electron chi connectivity index (χ2n) is 3.65. The number of carbonyl (C=O) groups excluding carboxylic acids is 2. The predicted octanol–water partition coefficient (Wildman–Crippen LogP) is 0.921. The van der Waals surface area contributed by atoms with Crippen LogP contribution in [0.25, 0.3) is 0 Å². The van der Waals surface area contributed by atoms with Gasteiger partial charge < -0.3 is 5.73 Å². The van der Waals surface area contributed by atoms with E-state index in [9.17, 15) is 9.59 Å². The summed E-state index contributed by atoms with van der Waals surface area (Å²) in [5.41, 5.74) is 6.83. The molecular weight excluding hydrogens is 206 g/mol. The molecule has 2 N–H and O–H groups in total. The Kier molecular flexibility index (Phi) is 2.23. The molecule has 0 fully saturated rings. The second-order valence-corrected chi connectivity index (χ2v) is 3.65. The van der Waals surface area contributed by atoms with Gasteiger partial charge in [0.25, 0.3) is 11.8 Å². The summed E-state index contributed by atoms with van der Waals surface area (Å²) in [4.78, 5) is 28.4. The summed E-state index contributed by atoms with van der Waals surface area (Å²) in [6, 6.07) is 4.84. The van der Waals surface area contributed by atoms with Crippen molar-refractivity contribution in [3.63, 3.8) is 0 Å². The Morgan fingerprint density at radius 1 is 1.25 bits per heavy atom. The van der Waals surface area contributed by atoms with Crippen molar-refractivity contribution in [2.75, 3.05) is 7.05 Å². The first-order valence-corrected chi connectivity index (χ1v) is 4.78. The van der Waals surface area contributed by atoms with E-state index in [0.717, 1.165) is 4.90 Å². The first-order chi connectivity index (χ1) is 7.50. The number of amides is 2. The third-order valence-corrected chi connectivity index (χ3v) is 2.38. The molecule has 16 heavy (non-hydrogen) atoms. The maximum atomic E-state index is 11.7. The fraction of sp³-hybridized carbons (Fsp3) is 0.182. The van der Waals surface area contributed by atoms with Gasteiger partial charge in [0.05, 0.1) is 22.6 Å². The van der Waals surface area contributed by atoms with Crippen molar-refractivity contribution in [1.29, 1.82) is 0 Å². The van der Waals surface area contributed by atoms with E-state index < -0.39 is 0 Å². The normalized spacial score (nSPS) is 15.6. The van der Waals surface area contributed by atoms with Crippen LogP contribution in [0.2, 0.25) is 0 Å². The maximum Gasteiger partial charge on any atom is 0.261 e. The lowest BCUT2D eigenvalue weighted by molar-refractivity contribution is 0.0693. The maximum absolute atomic E-state index is 11.7. The zero-order chi connectivity index (χ0) is 11.9. The van der Waals surface area contributed by atoms with Gasteiger partial charge >= 0.3 is 0 Å². The molecule has 1 aromatic carbocycles. The van der Waals surface area contributed by atoms with Crippen molar-refractivity contribution in [2.24, 2.45) is 10.7 Å². The Morgan fingerprint density at radius 3 is 2.50 bits per heavy atom. The van der Waals surface area contributed by atoms with E-state index in [4.69, 9.17) is 5.73 Å². The number of hydrogen-bond donors (Lipinski definition) is 1. The second kappa shape index (κ2) is 3.44. The lowest BCUT2D eigenvalue weighted by Gasteiger charge is -2.02. The standard InChI is InChI=1S/C11H11N3O2/c1-6(12)13-7-3-4-8-9(5-7)11(16)14(2)10(8)15/h3-5H,1-2H3,(H2,12,13). The molecule has 82 valence electrons. The van der Waals surface area contributed by atoms with Crippen molar-refractivity contribution in [3.05, 3.63) is 29.3 Å². The molecule has 0 radical (unpaired) electrons. The molecule has 1 aromatic rings. The molecular formula is C11H11N3O2. The Morgan fingerprint density at radius 2 is 1.88 bits per heavy atom. The predicted molar refractivity (Wildman–Crippen MR) is 59.8 cm³/mol. The molecule has 0 saturated heterocycles.